The first-order valence-electron chi connectivity index (χ1n) is 7.56. The molecule has 3 heteroatoms. The normalized spacial score (nSPS) is 28.1. The Morgan fingerprint density at radius 1 is 1.20 bits per heavy atom. The summed E-state index contributed by atoms with van der Waals surface area (Å²) in [6.45, 7) is 4.60. The molecule has 1 fully saturated rings. The smallest absolute Gasteiger partial charge is 0.131 e. The van der Waals surface area contributed by atoms with Gasteiger partial charge in [-0.2, -0.15) is 0 Å². The SMILES string of the molecule is CNC(c1c(F)cccc1OC)C1CC(C)CC(C)C1. The van der Waals surface area contributed by atoms with Gasteiger partial charge in [0.25, 0.3) is 0 Å². The molecule has 0 bridgehead atoms. The summed E-state index contributed by atoms with van der Waals surface area (Å²) in [5, 5.41) is 3.32. The van der Waals surface area contributed by atoms with Gasteiger partial charge >= 0.3 is 0 Å². The van der Waals surface area contributed by atoms with Crippen LogP contribution >= 0.6 is 0 Å². The molecule has 1 aliphatic rings. The first kappa shape index (κ1) is 15.3. The number of rotatable bonds is 4. The molecule has 0 amide bonds. The number of halogens is 1. The third-order valence-corrected chi connectivity index (χ3v) is 4.54. The number of hydrogen-bond acceptors (Lipinski definition) is 2. The second-order valence-corrected chi connectivity index (χ2v) is 6.30. The average molecular weight is 279 g/mol. The van der Waals surface area contributed by atoms with Gasteiger partial charge in [0.05, 0.1) is 7.11 Å². The molecule has 0 radical (unpaired) electrons. The van der Waals surface area contributed by atoms with E-state index in [4.69, 9.17) is 4.74 Å². The van der Waals surface area contributed by atoms with E-state index in [9.17, 15) is 4.39 Å². The van der Waals surface area contributed by atoms with Gasteiger partial charge in [-0.1, -0.05) is 19.9 Å². The highest BCUT2D eigenvalue weighted by Crippen LogP contribution is 2.42. The van der Waals surface area contributed by atoms with E-state index in [0.717, 1.165) is 12.8 Å². The number of ether oxygens (including phenoxy) is 1. The van der Waals surface area contributed by atoms with Crippen LogP contribution in [0.5, 0.6) is 5.75 Å². The lowest BCUT2D eigenvalue weighted by atomic mass is 9.72. The quantitative estimate of drug-likeness (QED) is 0.893. The van der Waals surface area contributed by atoms with E-state index in [1.807, 2.05) is 13.1 Å². The first-order valence-corrected chi connectivity index (χ1v) is 7.56. The van der Waals surface area contributed by atoms with E-state index in [0.29, 0.717) is 29.1 Å². The Morgan fingerprint density at radius 3 is 2.40 bits per heavy atom. The van der Waals surface area contributed by atoms with Crippen LogP contribution in [0.25, 0.3) is 0 Å². The highest BCUT2D eigenvalue weighted by atomic mass is 19.1. The number of hydrogen-bond donors (Lipinski definition) is 1. The van der Waals surface area contributed by atoms with Gasteiger partial charge in [0.15, 0.2) is 0 Å². The van der Waals surface area contributed by atoms with Crippen molar-refractivity contribution in [3.63, 3.8) is 0 Å². The molecule has 3 unspecified atom stereocenters. The van der Waals surface area contributed by atoms with Crippen molar-refractivity contribution < 1.29 is 9.13 Å². The minimum Gasteiger partial charge on any atom is -0.496 e. The molecule has 1 aromatic carbocycles. The first-order chi connectivity index (χ1) is 9.56. The summed E-state index contributed by atoms with van der Waals surface area (Å²) in [5.74, 6) is 2.35. The van der Waals surface area contributed by atoms with Crippen LogP contribution in [0.15, 0.2) is 18.2 Å². The van der Waals surface area contributed by atoms with Gasteiger partial charge in [0, 0.05) is 11.6 Å². The average Bonchev–Trinajstić information content (AvgIpc) is 2.40. The fraction of sp³-hybridized carbons (Fsp3) is 0.647. The number of nitrogens with one attached hydrogen (secondary N) is 1. The van der Waals surface area contributed by atoms with Gasteiger partial charge in [-0.15, -0.1) is 0 Å². The maximum absolute atomic E-state index is 14.3. The number of benzene rings is 1. The van der Waals surface area contributed by atoms with Crippen LogP contribution in [0.3, 0.4) is 0 Å². The Morgan fingerprint density at radius 2 is 1.85 bits per heavy atom. The van der Waals surface area contributed by atoms with Crippen molar-refractivity contribution in [2.24, 2.45) is 17.8 Å². The van der Waals surface area contributed by atoms with E-state index in [-0.39, 0.29) is 11.9 Å². The van der Waals surface area contributed by atoms with Crippen molar-refractivity contribution in [2.75, 3.05) is 14.2 Å². The fourth-order valence-corrected chi connectivity index (χ4v) is 3.89. The number of methoxy groups -OCH3 is 1. The standard InChI is InChI=1S/C17H26FNO/c1-11-8-12(2)10-13(9-11)17(19-3)16-14(18)6-5-7-15(16)20-4/h5-7,11-13,17,19H,8-10H2,1-4H3. The molecule has 0 aliphatic heterocycles. The Labute approximate surface area is 121 Å². The minimum atomic E-state index is -0.172. The van der Waals surface area contributed by atoms with Gasteiger partial charge in [0.1, 0.15) is 11.6 Å². The largest absolute Gasteiger partial charge is 0.496 e. The molecule has 2 nitrogen and oxygen atoms in total. The van der Waals surface area contributed by atoms with Crippen molar-refractivity contribution in [2.45, 2.75) is 39.2 Å². The second-order valence-electron chi connectivity index (χ2n) is 6.30. The molecular formula is C17H26FNO. The third-order valence-electron chi connectivity index (χ3n) is 4.54. The molecule has 2 rings (SSSR count). The Bertz CT molecular complexity index is 439. The lowest BCUT2D eigenvalue weighted by molar-refractivity contribution is 0.177. The molecule has 1 N–H and O–H groups in total. The summed E-state index contributed by atoms with van der Waals surface area (Å²) in [7, 11) is 3.53. The van der Waals surface area contributed by atoms with E-state index < -0.39 is 0 Å². The van der Waals surface area contributed by atoms with Crippen LogP contribution in [0.1, 0.15) is 44.7 Å². The highest BCUT2D eigenvalue weighted by Gasteiger charge is 2.32. The van der Waals surface area contributed by atoms with Crippen LogP contribution in [-0.2, 0) is 0 Å². The van der Waals surface area contributed by atoms with Gasteiger partial charge in [0.2, 0.25) is 0 Å². The summed E-state index contributed by atoms with van der Waals surface area (Å²) < 4.78 is 19.7. The molecule has 1 aliphatic carbocycles. The molecule has 0 aromatic heterocycles. The summed E-state index contributed by atoms with van der Waals surface area (Å²) in [6, 6.07) is 5.10. The summed E-state index contributed by atoms with van der Waals surface area (Å²) in [5.41, 5.74) is 0.684. The third kappa shape index (κ3) is 3.14. The molecular weight excluding hydrogens is 253 g/mol. The Hall–Kier alpha value is -1.09. The molecule has 0 saturated heterocycles. The summed E-state index contributed by atoms with van der Waals surface area (Å²) >= 11 is 0. The molecule has 3 atom stereocenters. The molecule has 1 aromatic rings. The zero-order valence-corrected chi connectivity index (χ0v) is 12.9. The predicted octanol–water partition coefficient (Wildman–Crippen LogP) is 4.17. The Balaban J connectivity index is 2.32. The van der Waals surface area contributed by atoms with E-state index in [2.05, 4.69) is 19.2 Å². The van der Waals surface area contributed by atoms with E-state index >= 15 is 0 Å². The monoisotopic (exact) mass is 279 g/mol. The summed E-state index contributed by atoms with van der Waals surface area (Å²) in [4.78, 5) is 0. The van der Waals surface area contributed by atoms with Gasteiger partial charge in [-0.05, 0) is 56.2 Å². The lowest BCUT2D eigenvalue weighted by Crippen LogP contribution is -2.32. The highest BCUT2D eigenvalue weighted by molar-refractivity contribution is 5.37. The molecule has 1 saturated carbocycles. The predicted molar refractivity (Wildman–Crippen MR) is 80.4 cm³/mol. The second kappa shape index (κ2) is 6.57. The maximum atomic E-state index is 14.3. The van der Waals surface area contributed by atoms with Crippen LogP contribution < -0.4 is 10.1 Å². The minimum absolute atomic E-state index is 0.0244. The van der Waals surface area contributed by atoms with E-state index in [1.54, 1.807) is 13.2 Å². The Kier molecular flexibility index (Phi) is 5.03. The van der Waals surface area contributed by atoms with Crippen molar-refractivity contribution in [1.29, 1.82) is 0 Å². The zero-order chi connectivity index (χ0) is 14.7. The molecule has 0 heterocycles. The van der Waals surface area contributed by atoms with Crippen molar-refractivity contribution in [1.82, 2.24) is 5.32 Å². The van der Waals surface area contributed by atoms with Crippen molar-refractivity contribution in [3.05, 3.63) is 29.6 Å². The summed E-state index contributed by atoms with van der Waals surface area (Å²) in [6.07, 6.45) is 3.57. The van der Waals surface area contributed by atoms with Crippen LogP contribution in [0.4, 0.5) is 4.39 Å². The molecule has 20 heavy (non-hydrogen) atoms. The van der Waals surface area contributed by atoms with Crippen molar-refractivity contribution in [3.8, 4) is 5.75 Å². The molecule has 0 spiro atoms. The van der Waals surface area contributed by atoms with Crippen LogP contribution in [-0.4, -0.2) is 14.2 Å². The van der Waals surface area contributed by atoms with Crippen LogP contribution in [0.2, 0.25) is 0 Å². The zero-order valence-electron chi connectivity index (χ0n) is 12.9. The van der Waals surface area contributed by atoms with E-state index in [1.165, 1.54) is 12.5 Å². The fourth-order valence-electron chi connectivity index (χ4n) is 3.89. The van der Waals surface area contributed by atoms with Crippen molar-refractivity contribution >= 4 is 0 Å². The van der Waals surface area contributed by atoms with Gasteiger partial charge < -0.3 is 10.1 Å². The lowest BCUT2D eigenvalue weighted by Gasteiger charge is -2.37. The maximum Gasteiger partial charge on any atom is 0.131 e. The van der Waals surface area contributed by atoms with Crippen LogP contribution in [0, 0.1) is 23.6 Å². The molecule has 112 valence electrons. The van der Waals surface area contributed by atoms with Gasteiger partial charge in [-0.25, -0.2) is 4.39 Å². The topological polar surface area (TPSA) is 21.3 Å². The van der Waals surface area contributed by atoms with Gasteiger partial charge in [-0.3, -0.25) is 0 Å².